The number of para-hydroxylation sites is 2. The second-order valence-corrected chi connectivity index (χ2v) is 6.93. The highest BCUT2D eigenvalue weighted by atomic mass is 32.1. The van der Waals surface area contributed by atoms with Crippen LogP contribution in [-0.4, -0.2) is 15.3 Å². The third-order valence-corrected chi connectivity index (χ3v) is 5.13. The van der Waals surface area contributed by atoms with Crippen molar-refractivity contribution in [2.75, 3.05) is 5.32 Å². The second kappa shape index (κ2) is 5.91. The predicted molar refractivity (Wildman–Crippen MR) is 98.6 cm³/mol. The van der Waals surface area contributed by atoms with Crippen LogP contribution < -0.4 is 10.9 Å². The lowest BCUT2D eigenvalue weighted by Gasteiger charge is -2.06. The van der Waals surface area contributed by atoms with Crippen molar-refractivity contribution in [2.45, 2.75) is 0 Å². The summed E-state index contributed by atoms with van der Waals surface area (Å²) >= 11 is 6.42. The number of halogens is 1. The summed E-state index contributed by atoms with van der Waals surface area (Å²) in [4.78, 5) is 27.8. The first kappa shape index (κ1) is 15.7. The van der Waals surface area contributed by atoms with E-state index in [2.05, 4.69) is 10.3 Å². The van der Waals surface area contributed by atoms with Gasteiger partial charge in [0.2, 0.25) is 0 Å². The maximum absolute atomic E-state index is 13.8. The molecule has 0 bridgehead atoms. The van der Waals surface area contributed by atoms with Crippen LogP contribution in [-0.2, 0) is 0 Å². The predicted octanol–water partition coefficient (Wildman–Crippen LogP) is 3.96. The lowest BCUT2D eigenvalue weighted by Crippen LogP contribution is -2.15. The molecule has 8 heteroatoms. The number of rotatable bonds is 2. The highest BCUT2D eigenvalue weighted by Gasteiger charge is 2.18. The van der Waals surface area contributed by atoms with Crippen LogP contribution in [0.2, 0.25) is 0 Å². The fourth-order valence-electron chi connectivity index (χ4n) is 2.64. The summed E-state index contributed by atoms with van der Waals surface area (Å²) in [7, 11) is 0. The number of carbonyl (C=O) groups is 1. The Balaban J connectivity index is 1.92. The van der Waals surface area contributed by atoms with E-state index in [0.29, 0.717) is 20.5 Å². The third kappa shape index (κ3) is 2.55. The number of hydrogen-bond acceptors (Lipinski definition) is 4. The molecule has 124 valence electrons. The molecule has 25 heavy (non-hydrogen) atoms. The van der Waals surface area contributed by atoms with Gasteiger partial charge < -0.3 is 10.3 Å². The van der Waals surface area contributed by atoms with Gasteiger partial charge in [-0.05, 0) is 36.5 Å². The van der Waals surface area contributed by atoms with Gasteiger partial charge in [0.05, 0.1) is 16.6 Å². The van der Waals surface area contributed by atoms with Crippen molar-refractivity contribution < 1.29 is 9.18 Å². The Hall–Kier alpha value is -2.84. The first-order valence-electron chi connectivity index (χ1n) is 7.29. The molecule has 0 radical (unpaired) electrons. The van der Waals surface area contributed by atoms with Crippen LogP contribution in [0.5, 0.6) is 0 Å². The van der Waals surface area contributed by atoms with Gasteiger partial charge >= 0.3 is 0 Å². The summed E-state index contributed by atoms with van der Waals surface area (Å²) in [5.41, 5.74) is 0.663. The first-order chi connectivity index (χ1) is 12.1. The van der Waals surface area contributed by atoms with Gasteiger partial charge in [-0.15, -0.1) is 0 Å². The van der Waals surface area contributed by atoms with Gasteiger partial charge in [-0.1, -0.05) is 35.6 Å². The Morgan fingerprint density at radius 3 is 2.68 bits per heavy atom. The van der Waals surface area contributed by atoms with Crippen molar-refractivity contribution in [3.05, 3.63) is 73.5 Å². The van der Waals surface area contributed by atoms with Gasteiger partial charge in [0.25, 0.3) is 11.5 Å². The quantitative estimate of drug-likeness (QED) is 0.524. The molecule has 0 unspecified atom stereocenters. The zero-order valence-corrected chi connectivity index (χ0v) is 14.2. The number of aromatic nitrogens is 2. The van der Waals surface area contributed by atoms with E-state index in [1.807, 2.05) is 0 Å². The average Bonchev–Trinajstić information content (AvgIpc) is 2.94. The Labute approximate surface area is 149 Å². The monoisotopic (exact) mass is 371 g/mol. The molecule has 0 aliphatic carbocycles. The van der Waals surface area contributed by atoms with Crippen LogP contribution in [0.4, 0.5) is 10.1 Å². The summed E-state index contributed by atoms with van der Waals surface area (Å²) in [6.07, 6.45) is 0. The average molecular weight is 371 g/mol. The molecule has 2 aromatic carbocycles. The largest absolute Gasteiger partial charge is 0.319 e. The van der Waals surface area contributed by atoms with Crippen LogP contribution >= 0.6 is 23.6 Å². The normalized spacial score (nSPS) is 11.1. The molecule has 1 amide bonds. The minimum absolute atomic E-state index is 0.0631. The van der Waals surface area contributed by atoms with E-state index >= 15 is 0 Å². The topological polar surface area (TPSA) is 66.4 Å². The van der Waals surface area contributed by atoms with Crippen LogP contribution in [0.15, 0.2) is 53.3 Å². The highest BCUT2D eigenvalue weighted by Crippen LogP contribution is 2.24. The molecule has 2 aromatic heterocycles. The van der Waals surface area contributed by atoms with Crippen molar-refractivity contribution in [1.82, 2.24) is 9.38 Å². The van der Waals surface area contributed by atoms with Crippen LogP contribution in [0.25, 0.3) is 16.6 Å². The number of carbonyl (C=O) groups excluding carboxylic acids is 1. The number of nitrogens with zero attached hydrogens (tertiary/aromatic N) is 1. The van der Waals surface area contributed by atoms with E-state index < -0.39 is 11.7 Å². The molecule has 0 aliphatic heterocycles. The molecule has 0 fully saturated rings. The Morgan fingerprint density at radius 1 is 1.16 bits per heavy atom. The molecule has 2 N–H and O–H groups in total. The smallest absolute Gasteiger partial charge is 0.269 e. The molecule has 0 saturated carbocycles. The summed E-state index contributed by atoms with van der Waals surface area (Å²) in [6.45, 7) is 0. The molecule has 0 aliphatic rings. The number of amides is 1. The fraction of sp³-hybridized carbons (Fsp3) is 0. The maximum atomic E-state index is 13.8. The number of hydrogen-bond donors (Lipinski definition) is 2. The standard InChI is InChI=1S/C17H10FN3O2S2/c18-10-6-2-3-7-11(10)19-16(23)13-14-20-15(22)9-5-1-4-8-12(9)21(14)17(24)25-13/h1-8H,(H,19,23)(H,20,22). The Morgan fingerprint density at radius 2 is 1.88 bits per heavy atom. The number of aromatic amines is 1. The minimum Gasteiger partial charge on any atom is -0.319 e. The minimum atomic E-state index is -0.540. The molecule has 2 heterocycles. The Kier molecular flexibility index (Phi) is 3.70. The molecule has 5 nitrogen and oxygen atoms in total. The van der Waals surface area contributed by atoms with Gasteiger partial charge in [0.1, 0.15) is 16.3 Å². The van der Waals surface area contributed by atoms with E-state index in [4.69, 9.17) is 12.2 Å². The van der Waals surface area contributed by atoms with Gasteiger partial charge in [-0.25, -0.2) is 4.39 Å². The van der Waals surface area contributed by atoms with Gasteiger partial charge in [-0.2, -0.15) is 0 Å². The molecular weight excluding hydrogens is 361 g/mol. The summed E-state index contributed by atoms with van der Waals surface area (Å²) in [5, 5.41) is 2.99. The molecule has 4 rings (SSSR count). The summed E-state index contributed by atoms with van der Waals surface area (Å²) in [6, 6.07) is 12.9. The summed E-state index contributed by atoms with van der Waals surface area (Å²) in [5.74, 6) is -1.07. The van der Waals surface area contributed by atoms with Crippen molar-refractivity contribution in [3.8, 4) is 0 Å². The first-order valence-corrected chi connectivity index (χ1v) is 8.51. The van der Waals surface area contributed by atoms with Crippen molar-refractivity contribution >= 4 is 51.7 Å². The van der Waals surface area contributed by atoms with Crippen LogP contribution in [0.1, 0.15) is 9.67 Å². The van der Waals surface area contributed by atoms with Gasteiger partial charge in [0, 0.05) is 0 Å². The van der Waals surface area contributed by atoms with Crippen molar-refractivity contribution in [1.29, 1.82) is 0 Å². The zero-order chi connectivity index (χ0) is 17.6. The van der Waals surface area contributed by atoms with Gasteiger partial charge in [0.15, 0.2) is 3.95 Å². The molecule has 4 aromatic rings. The van der Waals surface area contributed by atoms with Crippen LogP contribution in [0, 0.1) is 9.77 Å². The number of nitrogens with one attached hydrogen (secondary N) is 2. The van der Waals surface area contributed by atoms with E-state index in [9.17, 15) is 14.0 Å². The zero-order valence-electron chi connectivity index (χ0n) is 12.6. The number of anilines is 1. The van der Waals surface area contributed by atoms with Gasteiger partial charge in [-0.3, -0.25) is 14.0 Å². The van der Waals surface area contributed by atoms with E-state index in [-0.39, 0.29) is 16.1 Å². The van der Waals surface area contributed by atoms with E-state index in [0.717, 1.165) is 11.3 Å². The summed E-state index contributed by atoms with van der Waals surface area (Å²) < 4.78 is 15.8. The van der Waals surface area contributed by atoms with E-state index in [1.54, 1.807) is 34.7 Å². The Bertz CT molecular complexity index is 1260. The SMILES string of the molecule is O=C(Nc1ccccc1F)c1sc(=S)n2c1[nH]c(=O)c1ccccc12. The van der Waals surface area contributed by atoms with Crippen molar-refractivity contribution in [2.24, 2.45) is 0 Å². The second-order valence-electron chi connectivity index (χ2n) is 5.29. The lowest BCUT2D eigenvalue weighted by atomic mass is 10.2. The van der Waals surface area contributed by atoms with Crippen LogP contribution in [0.3, 0.4) is 0 Å². The third-order valence-electron chi connectivity index (χ3n) is 3.76. The van der Waals surface area contributed by atoms with Crippen molar-refractivity contribution in [3.63, 3.8) is 0 Å². The molecule has 0 spiro atoms. The highest BCUT2D eigenvalue weighted by molar-refractivity contribution is 7.73. The van der Waals surface area contributed by atoms with E-state index in [1.165, 1.54) is 18.2 Å². The number of H-pyrrole nitrogens is 1. The lowest BCUT2D eigenvalue weighted by molar-refractivity contribution is 0.103. The fourth-order valence-corrected chi connectivity index (χ4v) is 3.91. The molecule has 0 saturated heterocycles. The molecular formula is C17H10FN3O2S2. The molecule has 0 atom stereocenters. The number of fused-ring (bicyclic) bond motifs is 3. The number of benzene rings is 2. The maximum Gasteiger partial charge on any atom is 0.269 e. The number of thiazole rings is 1.